The SMILES string of the molecule is CC(C)CC(Cn1nnnc1CC1CCCCC1)C(=O)O. The van der Waals surface area contributed by atoms with E-state index in [1.807, 2.05) is 13.8 Å². The number of nitrogens with zero attached hydrogens (tertiary/aromatic N) is 4. The highest BCUT2D eigenvalue weighted by molar-refractivity contribution is 5.69. The molecule has 0 saturated heterocycles. The molecular formula is C15H26N4O2. The summed E-state index contributed by atoms with van der Waals surface area (Å²) in [5.41, 5.74) is 0. The Labute approximate surface area is 125 Å². The zero-order chi connectivity index (χ0) is 15.2. The van der Waals surface area contributed by atoms with Gasteiger partial charge in [0.05, 0.1) is 12.5 Å². The van der Waals surface area contributed by atoms with Gasteiger partial charge < -0.3 is 5.11 Å². The normalized spacial score (nSPS) is 18.0. The van der Waals surface area contributed by atoms with Crippen LogP contribution < -0.4 is 0 Å². The van der Waals surface area contributed by atoms with Gasteiger partial charge in [0.25, 0.3) is 0 Å². The molecule has 1 aliphatic rings. The van der Waals surface area contributed by atoms with E-state index in [0.717, 1.165) is 12.2 Å². The third-order valence-corrected chi connectivity index (χ3v) is 4.30. The van der Waals surface area contributed by atoms with Crippen molar-refractivity contribution in [2.24, 2.45) is 17.8 Å². The second-order valence-electron chi connectivity index (χ2n) is 6.65. The number of carbonyl (C=O) groups is 1. The molecule has 1 N–H and O–H groups in total. The number of aliphatic carboxylic acids is 1. The Morgan fingerprint density at radius 1 is 1.33 bits per heavy atom. The molecule has 1 aliphatic carbocycles. The Balaban J connectivity index is 1.99. The third kappa shape index (κ3) is 4.79. The highest BCUT2D eigenvalue weighted by Gasteiger charge is 2.23. The lowest BCUT2D eigenvalue weighted by molar-refractivity contribution is -0.142. The average Bonchev–Trinajstić information content (AvgIpc) is 2.86. The van der Waals surface area contributed by atoms with E-state index in [-0.39, 0.29) is 0 Å². The van der Waals surface area contributed by atoms with E-state index < -0.39 is 11.9 Å². The van der Waals surface area contributed by atoms with Crippen LogP contribution in [0.2, 0.25) is 0 Å². The molecule has 0 aromatic carbocycles. The molecule has 0 bridgehead atoms. The highest BCUT2D eigenvalue weighted by atomic mass is 16.4. The van der Waals surface area contributed by atoms with E-state index in [1.165, 1.54) is 32.1 Å². The monoisotopic (exact) mass is 294 g/mol. The maximum atomic E-state index is 11.4. The molecule has 1 unspecified atom stereocenters. The summed E-state index contributed by atoms with van der Waals surface area (Å²) in [6.07, 6.45) is 7.91. The molecule has 0 radical (unpaired) electrons. The average molecular weight is 294 g/mol. The largest absolute Gasteiger partial charge is 0.481 e. The first-order valence-electron chi connectivity index (χ1n) is 8.04. The van der Waals surface area contributed by atoms with E-state index >= 15 is 0 Å². The molecule has 118 valence electrons. The maximum Gasteiger partial charge on any atom is 0.308 e. The standard InChI is InChI=1S/C15H26N4O2/c1-11(2)8-13(15(20)21)10-19-14(16-17-18-19)9-12-6-4-3-5-7-12/h11-13H,3-10H2,1-2H3,(H,20,21). The molecule has 6 heteroatoms. The van der Waals surface area contributed by atoms with Gasteiger partial charge in [0.1, 0.15) is 0 Å². The van der Waals surface area contributed by atoms with Crippen LogP contribution in [0, 0.1) is 17.8 Å². The topological polar surface area (TPSA) is 80.9 Å². The van der Waals surface area contributed by atoms with Crippen molar-refractivity contribution >= 4 is 5.97 Å². The van der Waals surface area contributed by atoms with Gasteiger partial charge in [-0.25, -0.2) is 4.68 Å². The molecule has 21 heavy (non-hydrogen) atoms. The predicted molar refractivity (Wildman–Crippen MR) is 78.7 cm³/mol. The van der Waals surface area contributed by atoms with Crippen LogP contribution >= 0.6 is 0 Å². The van der Waals surface area contributed by atoms with Crippen LogP contribution in [0.3, 0.4) is 0 Å². The summed E-state index contributed by atoms with van der Waals surface area (Å²) < 4.78 is 1.70. The molecular weight excluding hydrogens is 268 g/mol. The van der Waals surface area contributed by atoms with Gasteiger partial charge in [0.15, 0.2) is 5.82 Å². The number of hydrogen-bond acceptors (Lipinski definition) is 4. The van der Waals surface area contributed by atoms with E-state index in [4.69, 9.17) is 0 Å². The number of carboxylic acids is 1. The summed E-state index contributed by atoms with van der Waals surface area (Å²) >= 11 is 0. The van der Waals surface area contributed by atoms with E-state index in [0.29, 0.717) is 24.8 Å². The summed E-state index contributed by atoms with van der Waals surface area (Å²) in [6, 6.07) is 0. The fourth-order valence-electron chi connectivity index (χ4n) is 3.19. The minimum Gasteiger partial charge on any atom is -0.481 e. The lowest BCUT2D eigenvalue weighted by atomic mass is 9.87. The molecule has 1 heterocycles. The van der Waals surface area contributed by atoms with Crippen molar-refractivity contribution in [2.45, 2.75) is 65.3 Å². The van der Waals surface area contributed by atoms with E-state index in [2.05, 4.69) is 15.5 Å². The minimum absolute atomic E-state index is 0.351. The molecule has 0 aliphatic heterocycles. The van der Waals surface area contributed by atoms with Gasteiger partial charge in [-0.2, -0.15) is 0 Å². The second kappa shape index (κ2) is 7.52. The molecule has 6 nitrogen and oxygen atoms in total. The summed E-state index contributed by atoms with van der Waals surface area (Å²) in [7, 11) is 0. The Kier molecular flexibility index (Phi) is 5.70. The van der Waals surface area contributed by atoms with Crippen LogP contribution in [0.1, 0.15) is 58.2 Å². The van der Waals surface area contributed by atoms with Crippen molar-refractivity contribution in [3.63, 3.8) is 0 Å². The molecule has 2 rings (SSSR count). The smallest absolute Gasteiger partial charge is 0.308 e. The summed E-state index contributed by atoms with van der Waals surface area (Å²) in [4.78, 5) is 11.4. The molecule has 0 spiro atoms. The Bertz CT molecular complexity index is 452. The lowest BCUT2D eigenvalue weighted by Crippen LogP contribution is -2.24. The first-order chi connectivity index (χ1) is 10.1. The molecule has 1 saturated carbocycles. The lowest BCUT2D eigenvalue weighted by Gasteiger charge is -2.21. The fraction of sp³-hybridized carbons (Fsp3) is 0.867. The van der Waals surface area contributed by atoms with E-state index in [1.54, 1.807) is 4.68 Å². The summed E-state index contributed by atoms with van der Waals surface area (Å²) in [5, 5.41) is 21.2. The van der Waals surface area contributed by atoms with Crippen molar-refractivity contribution in [3.05, 3.63) is 5.82 Å². The van der Waals surface area contributed by atoms with Crippen molar-refractivity contribution in [3.8, 4) is 0 Å². The summed E-state index contributed by atoms with van der Waals surface area (Å²) in [6.45, 7) is 4.46. The van der Waals surface area contributed by atoms with Crippen molar-refractivity contribution in [1.29, 1.82) is 0 Å². The molecule has 1 aromatic heterocycles. The number of aromatic nitrogens is 4. The summed E-state index contributed by atoms with van der Waals surface area (Å²) in [5.74, 6) is 0.666. The maximum absolute atomic E-state index is 11.4. The van der Waals surface area contributed by atoms with Gasteiger partial charge in [-0.05, 0) is 28.7 Å². The fourth-order valence-corrected chi connectivity index (χ4v) is 3.19. The highest BCUT2D eigenvalue weighted by Crippen LogP contribution is 2.26. The van der Waals surface area contributed by atoms with E-state index in [9.17, 15) is 9.90 Å². The van der Waals surface area contributed by atoms with Gasteiger partial charge in [-0.3, -0.25) is 4.79 Å². The van der Waals surface area contributed by atoms with Gasteiger partial charge in [0.2, 0.25) is 0 Å². The Hall–Kier alpha value is -1.46. The Morgan fingerprint density at radius 3 is 2.67 bits per heavy atom. The third-order valence-electron chi connectivity index (χ3n) is 4.30. The molecule has 0 amide bonds. The van der Waals surface area contributed by atoms with Crippen LogP contribution in [-0.4, -0.2) is 31.3 Å². The van der Waals surface area contributed by atoms with Crippen LogP contribution in [-0.2, 0) is 17.8 Å². The minimum atomic E-state index is -0.761. The molecule has 1 atom stereocenters. The zero-order valence-corrected chi connectivity index (χ0v) is 13.0. The number of hydrogen-bond donors (Lipinski definition) is 1. The van der Waals surface area contributed by atoms with Crippen LogP contribution in [0.5, 0.6) is 0 Å². The van der Waals surface area contributed by atoms with Gasteiger partial charge in [-0.15, -0.1) is 5.10 Å². The quantitative estimate of drug-likeness (QED) is 0.835. The van der Waals surface area contributed by atoms with Crippen LogP contribution in [0.25, 0.3) is 0 Å². The van der Waals surface area contributed by atoms with Gasteiger partial charge in [0, 0.05) is 6.42 Å². The van der Waals surface area contributed by atoms with Crippen molar-refractivity contribution < 1.29 is 9.90 Å². The molecule has 1 fully saturated rings. The zero-order valence-electron chi connectivity index (χ0n) is 13.0. The number of carboxylic acid groups (broad SMARTS) is 1. The van der Waals surface area contributed by atoms with Gasteiger partial charge in [-0.1, -0.05) is 46.0 Å². The predicted octanol–water partition coefficient (Wildman–Crippen LogP) is 2.54. The first-order valence-corrected chi connectivity index (χ1v) is 8.04. The first kappa shape index (κ1) is 15.9. The van der Waals surface area contributed by atoms with Crippen LogP contribution in [0.15, 0.2) is 0 Å². The molecule has 1 aromatic rings. The number of tetrazole rings is 1. The van der Waals surface area contributed by atoms with Crippen molar-refractivity contribution in [1.82, 2.24) is 20.2 Å². The van der Waals surface area contributed by atoms with Crippen molar-refractivity contribution in [2.75, 3.05) is 0 Å². The van der Waals surface area contributed by atoms with Gasteiger partial charge >= 0.3 is 5.97 Å². The Morgan fingerprint density at radius 2 is 2.05 bits per heavy atom. The second-order valence-corrected chi connectivity index (χ2v) is 6.65. The number of rotatable bonds is 7. The van der Waals surface area contributed by atoms with Crippen LogP contribution in [0.4, 0.5) is 0 Å².